The summed E-state index contributed by atoms with van der Waals surface area (Å²) in [5, 5.41) is 11.1. The van der Waals surface area contributed by atoms with E-state index in [2.05, 4.69) is 30.8 Å². The second-order valence-corrected chi connectivity index (χ2v) is 5.45. The van der Waals surface area contributed by atoms with Gasteiger partial charge in [0.05, 0.1) is 5.60 Å². The van der Waals surface area contributed by atoms with Crippen molar-refractivity contribution in [3.63, 3.8) is 0 Å². The Kier molecular flexibility index (Phi) is 4.75. The molecule has 2 rings (SSSR count). The summed E-state index contributed by atoms with van der Waals surface area (Å²) in [5.41, 5.74) is 1.50. The smallest absolute Gasteiger partial charge is 0.0787 e. The van der Waals surface area contributed by atoms with Gasteiger partial charge in [0.2, 0.25) is 0 Å². The minimum atomic E-state index is -0.801. The summed E-state index contributed by atoms with van der Waals surface area (Å²) >= 11 is 0. The van der Waals surface area contributed by atoms with Gasteiger partial charge in [0.1, 0.15) is 0 Å². The van der Waals surface area contributed by atoms with Crippen molar-refractivity contribution >= 4 is 0 Å². The van der Waals surface area contributed by atoms with Crippen LogP contribution in [0.5, 0.6) is 0 Å². The van der Waals surface area contributed by atoms with Crippen LogP contribution in [-0.2, 0) is 12.8 Å². The maximum atomic E-state index is 11.1. The van der Waals surface area contributed by atoms with Gasteiger partial charge in [0.25, 0.3) is 0 Å². The highest BCUT2D eigenvalue weighted by atomic mass is 16.3. The molecule has 2 aromatic rings. The standard InChI is InChI=1S/C19H22O/c1-3-16(2)19(20,14-17-10-6-4-7-11-17)15-18-12-8-5-9-13-18/h3-13,16,20H,1,14-15H2,2H3. The predicted molar refractivity (Wildman–Crippen MR) is 84.6 cm³/mol. The first-order valence-corrected chi connectivity index (χ1v) is 7.07. The molecule has 1 unspecified atom stereocenters. The molecule has 104 valence electrons. The summed E-state index contributed by atoms with van der Waals surface area (Å²) in [6.07, 6.45) is 3.11. The Bertz CT molecular complexity index is 489. The Balaban J connectivity index is 2.24. The SMILES string of the molecule is C=CC(C)C(O)(Cc1ccccc1)Cc1ccccc1. The Hall–Kier alpha value is -1.86. The summed E-state index contributed by atoms with van der Waals surface area (Å²) in [6.45, 7) is 5.88. The molecule has 0 fully saturated rings. The summed E-state index contributed by atoms with van der Waals surface area (Å²) in [6, 6.07) is 20.3. The van der Waals surface area contributed by atoms with Gasteiger partial charge in [-0.15, -0.1) is 6.58 Å². The van der Waals surface area contributed by atoms with E-state index >= 15 is 0 Å². The molecule has 0 amide bonds. The topological polar surface area (TPSA) is 20.2 Å². The summed E-state index contributed by atoms with van der Waals surface area (Å²) in [5.74, 6) is 0.0305. The normalized spacial score (nSPS) is 12.9. The highest BCUT2D eigenvalue weighted by molar-refractivity contribution is 5.22. The fraction of sp³-hybridized carbons (Fsp3) is 0.263. The predicted octanol–water partition coefficient (Wildman–Crippen LogP) is 4.03. The summed E-state index contributed by atoms with van der Waals surface area (Å²) in [4.78, 5) is 0. The van der Waals surface area contributed by atoms with Crippen LogP contribution in [0.2, 0.25) is 0 Å². The Morgan fingerprint density at radius 2 is 1.35 bits per heavy atom. The molecule has 0 heterocycles. The van der Waals surface area contributed by atoms with Gasteiger partial charge >= 0.3 is 0 Å². The number of aliphatic hydroxyl groups is 1. The van der Waals surface area contributed by atoms with Crippen LogP contribution in [0.1, 0.15) is 18.1 Å². The number of hydrogen-bond donors (Lipinski definition) is 1. The Morgan fingerprint density at radius 3 is 1.70 bits per heavy atom. The zero-order valence-electron chi connectivity index (χ0n) is 12.0. The molecule has 2 aromatic carbocycles. The molecule has 1 atom stereocenters. The molecule has 1 N–H and O–H groups in total. The van der Waals surface area contributed by atoms with Crippen molar-refractivity contribution in [2.75, 3.05) is 0 Å². The van der Waals surface area contributed by atoms with Crippen LogP contribution in [0, 0.1) is 5.92 Å². The van der Waals surface area contributed by atoms with Crippen molar-refractivity contribution in [2.24, 2.45) is 5.92 Å². The van der Waals surface area contributed by atoms with Gasteiger partial charge in [-0.3, -0.25) is 0 Å². The van der Waals surface area contributed by atoms with E-state index in [1.807, 2.05) is 49.4 Å². The van der Waals surface area contributed by atoms with Crippen LogP contribution in [0.4, 0.5) is 0 Å². The van der Waals surface area contributed by atoms with Gasteiger partial charge in [-0.2, -0.15) is 0 Å². The minimum absolute atomic E-state index is 0.0305. The summed E-state index contributed by atoms with van der Waals surface area (Å²) < 4.78 is 0. The van der Waals surface area contributed by atoms with Gasteiger partial charge in [0, 0.05) is 18.8 Å². The van der Waals surface area contributed by atoms with E-state index in [9.17, 15) is 5.11 Å². The third-order valence-corrected chi connectivity index (χ3v) is 3.91. The first-order valence-electron chi connectivity index (χ1n) is 7.07. The third kappa shape index (κ3) is 3.58. The lowest BCUT2D eigenvalue weighted by molar-refractivity contribution is 0.00627. The second-order valence-electron chi connectivity index (χ2n) is 5.45. The van der Waals surface area contributed by atoms with Crippen molar-refractivity contribution in [2.45, 2.75) is 25.4 Å². The van der Waals surface area contributed by atoms with Crippen molar-refractivity contribution in [1.82, 2.24) is 0 Å². The number of hydrogen-bond acceptors (Lipinski definition) is 1. The van der Waals surface area contributed by atoms with Gasteiger partial charge in [-0.25, -0.2) is 0 Å². The lowest BCUT2D eigenvalue weighted by Crippen LogP contribution is -2.40. The molecule has 0 aliphatic carbocycles. The Morgan fingerprint density at radius 1 is 0.950 bits per heavy atom. The van der Waals surface area contributed by atoms with E-state index in [0.29, 0.717) is 12.8 Å². The molecule has 1 heteroatoms. The molecule has 20 heavy (non-hydrogen) atoms. The summed E-state index contributed by atoms with van der Waals surface area (Å²) in [7, 11) is 0. The fourth-order valence-electron chi connectivity index (χ4n) is 2.50. The van der Waals surface area contributed by atoms with E-state index in [-0.39, 0.29) is 5.92 Å². The van der Waals surface area contributed by atoms with Crippen molar-refractivity contribution in [3.8, 4) is 0 Å². The van der Waals surface area contributed by atoms with Crippen molar-refractivity contribution in [3.05, 3.63) is 84.4 Å². The second kappa shape index (κ2) is 6.53. The highest BCUT2D eigenvalue weighted by Gasteiger charge is 2.32. The highest BCUT2D eigenvalue weighted by Crippen LogP contribution is 2.27. The van der Waals surface area contributed by atoms with Crippen molar-refractivity contribution < 1.29 is 5.11 Å². The lowest BCUT2D eigenvalue weighted by Gasteiger charge is -2.33. The minimum Gasteiger partial charge on any atom is -0.389 e. The number of rotatable bonds is 6. The number of benzene rings is 2. The van der Waals surface area contributed by atoms with Gasteiger partial charge < -0.3 is 5.11 Å². The first kappa shape index (κ1) is 14.5. The fourth-order valence-corrected chi connectivity index (χ4v) is 2.50. The molecular formula is C19H22O. The van der Waals surface area contributed by atoms with Gasteiger partial charge in [-0.1, -0.05) is 73.7 Å². The molecule has 0 spiro atoms. The van der Waals surface area contributed by atoms with Crippen LogP contribution in [-0.4, -0.2) is 10.7 Å². The zero-order valence-corrected chi connectivity index (χ0v) is 12.0. The largest absolute Gasteiger partial charge is 0.389 e. The first-order chi connectivity index (χ1) is 9.64. The van der Waals surface area contributed by atoms with E-state index in [0.717, 1.165) is 11.1 Å². The van der Waals surface area contributed by atoms with E-state index in [1.54, 1.807) is 0 Å². The van der Waals surface area contributed by atoms with E-state index in [1.165, 1.54) is 0 Å². The molecule has 0 aliphatic rings. The average Bonchev–Trinajstić information content (AvgIpc) is 2.48. The van der Waals surface area contributed by atoms with E-state index in [4.69, 9.17) is 0 Å². The lowest BCUT2D eigenvalue weighted by atomic mass is 9.79. The van der Waals surface area contributed by atoms with Crippen LogP contribution in [0.25, 0.3) is 0 Å². The zero-order chi connectivity index (χ0) is 14.4. The monoisotopic (exact) mass is 266 g/mol. The van der Waals surface area contributed by atoms with Crippen LogP contribution in [0.3, 0.4) is 0 Å². The average molecular weight is 266 g/mol. The van der Waals surface area contributed by atoms with Crippen molar-refractivity contribution in [1.29, 1.82) is 0 Å². The van der Waals surface area contributed by atoms with Gasteiger partial charge in [0.15, 0.2) is 0 Å². The maximum absolute atomic E-state index is 11.1. The quantitative estimate of drug-likeness (QED) is 0.783. The van der Waals surface area contributed by atoms with E-state index < -0.39 is 5.60 Å². The Labute approximate surface area is 121 Å². The molecule has 0 saturated carbocycles. The molecular weight excluding hydrogens is 244 g/mol. The maximum Gasteiger partial charge on any atom is 0.0787 e. The third-order valence-electron chi connectivity index (χ3n) is 3.91. The van der Waals surface area contributed by atoms with Gasteiger partial charge in [-0.05, 0) is 11.1 Å². The molecule has 0 aliphatic heterocycles. The van der Waals surface area contributed by atoms with Crippen LogP contribution in [0.15, 0.2) is 73.3 Å². The molecule has 0 aromatic heterocycles. The molecule has 1 nitrogen and oxygen atoms in total. The molecule has 0 saturated heterocycles. The molecule has 0 radical (unpaired) electrons. The van der Waals surface area contributed by atoms with Crippen LogP contribution >= 0.6 is 0 Å². The van der Waals surface area contributed by atoms with Crippen LogP contribution < -0.4 is 0 Å². The molecule has 0 bridgehead atoms.